The molecule has 1 saturated heterocycles. The summed E-state index contributed by atoms with van der Waals surface area (Å²) in [6, 6.07) is 9.97. The van der Waals surface area contributed by atoms with Crippen LogP contribution in [0.5, 0.6) is 0 Å². The van der Waals surface area contributed by atoms with Gasteiger partial charge in [-0.05, 0) is 24.9 Å². The molecule has 1 aromatic rings. The minimum absolute atomic E-state index is 0.193. The Morgan fingerprint density at radius 2 is 1.71 bits per heavy atom. The number of β-amino-alcohol motifs (C(OH)–C–C–N with tert-alkyl or cyclic N) is 1. The lowest BCUT2D eigenvalue weighted by molar-refractivity contribution is 0.0599. The quantitative estimate of drug-likeness (QED) is 0.785. The third-order valence-electron chi connectivity index (χ3n) is 4.26. The average Bonchev–Trinajstić information content (AvgIpc) is 2.50. The second kappa shape index (κ2) is 8.49. The normalized spacial score (nSPS) is 20.3. The van der Waals surface area contributed by atoms with E-state index in [1.165, 1.54) is 18.5 Å². The Kier molecular flexibility index (Phi) is 6.64. The molecule has 2 rings (SSSR count). The van der Waals surface area contributed by atoms with Crippen LogP contribution in [-0.2, 0) is 6.42 Å². The lowest BCUT2D eigenvalue weighted by atomic mass is 10.0. The van der Waals surface area contributed by atoms with Gasteiger partial charge in [-0.3, -0.25) is 4.90 Å². The number of aliphatic hydroxyl groups is 1. The summed E-state index contributed by atoms with van der Waals surface area (Å²) in [6.07, 6.45) is 1.49. The van der Waals surface area contributed by atoms with Crippen LogP contribution in [0.1, 0.15) is 18.9 Å². The van der Waals surface area contributed by atoms with E-state index in [9.17, 15) is 5.11 Å². The summed E-state index contributed by atoms with van der Waals surface area (Å²) in [6.45, 7) is 8.38. The number of piperazine rings is 1. The SMILES string of the molecule is CCCN1CCN(CC(O)C(N)Cc2ccccc2)CC1. The van der Waals surface area contributed by atoms with Crippen LogP contribution in [0.15, 0.2) is 30.3 Å². The van der Waals surface area contributed by atoms with Crippen molar-refractivity contribution in [3.8, 4) is 0 Å². The summed E-state index contributed by atoms with van der Waals surface area (Å²) in [5.41, 5.74) is 7.35. The Balaban J connectivity index is 1.73. The number of benzene rings is 1. The molecule has 4 heteroatoms. The van der Waals surface area contributed by atoms with Crippen molar-refractivity contribution in [2.24, 2.45) is 5.73 Å². The van der Waals surface area contributed by atoms with Crippen LogP contribution in [0.25, 0.3) is 0 Å². The molecule has 2 unspecified atom stereocenters. The third-order valence-corrected chi connectivity index (χ3v) is 4.26. The predicted octanol–water partition coefficient (Wildman–Crippen LogP) is 0.945. The highest BCUT2D eigenvalue weighted by molar-refractivity contribution is 5.16. The van der Waals surface area contributed by atoms with Crippen molar-refractivity contribution in [1.29, 1.82) is 0 Å². The van der Waals surface area contributed by atoms with Gasteiger partial charge in [0, 0.05) is 38.8 Å². The Morgan fingerprint density at radius 3 is 2.33 bits per heavy atom. The molecule has 1 aliphatic heterocycles. The van der Waals surface area contributed by atoms with Crippen molar-refractivity contribution < 1.29 is 5.11 Å². The summed E-state index contributed by atoms with van der Waals surface area (Å²) < 4.78 is 0. The first kappa shape index (κ1) is 16.4. The fourth-order valence-corrected chi connectivity index (χ4v) is 2.93. The van der Waals surface area contributed by atoms with Crippen molar-refractivity contribution in [2.45, 2.75) is 31.9 Å². The highest BCUT2D eigenvalue weighted by Crippen LogP contribution is 2.08. The summed E-state index contributed by atoms with van der Waals surface area (Å²) in [5, 5.41) is 10.3. The van der Waals surface area contributed by atoms with E-state index in [0.717, 1.165) is 32.6 Å². The topological polar surface area (TPSA) is 52.7 Å². The molecule has 1 fully saturated rings. The molecule has 118 valence electrons. The van der Waals surface area contributed by atoms with Gasteiger partial charge in [0.25, 0.3) is 0 Å². The summed E-state index contributed by atoms with van der Waals surface area (Å²) in [7, 11) is 0. The second-order valence-corrected chi connectivity index (χ2v) is 6.06. The zero-order chi connectivity index (χ0) is 15.1. The lowest BCUT2D eigenvalue weighted by Crippen LogP contribution is -2.51. The monoisotopic (exact) mass is 291 g/mol. The van der Waals surface area contributed by atoms with Gasteiger partial charge in [0.1, 0.15) is 0 Å². The van der Waals surface area contributed by atoms with Gasteiger partial charge in [0.05, 0.1) is 6.10 Å². The van der Waals surface area contributed by atoms with E-state index < -0.39 is 6.10 Å². The first-order chi connectivity index (χ1) is 10.2. The van der Waals surface area contributed by atoms with E-state index in [2.05, 4.69) is 28.9 Å². The van der Waals surface area contributed by atoms with Gasteiger partial charge in [-0.25, -0.2) is 0 Å². The van der Waals surface area contributed by atoms with Gasteiger partial charge in [-0.2, -0.15) is 0 Å². The maximum absolute atomic E-state index is 10.3. The minimum Gasteiger partial charge on any atom is -0.390 e. The van der Waals surface area contributed by atoms with Crippen LogP contribution in [0.4, 0.5) is 0 Å². The summed E-state index contributed by atoms with van der Waals surface area (Å²) in [4.78, 5) is 4.83. The molecule has 1 aliphatic rings. The first-order valence-corrected chi connectivity index (χ1v) is 8.11. The molecule has 1 aromatic carbocycles. The van der Waals surface area contributed by atoms with Crippen LogP contribution in [0, 0.1) is 0 Å². The Morgan fingerprint density at radius 1 is 1.10 bits per heavy atom. The van der Waals surface area contributed by atoms with Crippen molar-refractivity contribution in [2.75, 3.05) is 39.3 Å². The largest absolute Gasteiger partial charge is 0.390 e. The maximum Gasteiger partial charge on any atom is 0.0820 e. The van der Waals surface area contributed by atoms with Crippen LogP contribution < -0.4 is 5.73 Å². The van der Waals surface area contributed by atoms with E-state index in [-0.39, 0.29) is 6.04 Å². The molecule has 0 radical (unpaired) electrons. The Labute approximate surface area is 128 Å². The number of hydrogen-bond donors (Lipinski definition) is 2. The van der Waals surface area contributed by atoms with E-state index in [1.54, 1.807) is 0 Å². The van der Waals surface area contributed by atoms with E-state index >= 15 is 0 Å². The molecule has 0 aromatic heterocycles. The summed E-state index contributed by atoms with van der Waals surface area (Å²) >= 11 is 0. The molecule has 1 heterocycles. The lowest BCUT2D eigenvalue weighted by Gasteiger charge is -2.36. The molecule has 21 heavy (non-hydrogen) atoms. The standard InChI is InChI=1S/C17H29N3O/c1-2-8-19-9-11-20(12-10-19)14-17(21)16(18)13-15-6-4-3-5-7-15/h3-7,16-17,21H,2,8-14,18H2,1H3. The third kappa shape index (κ3) is 5.40. The zero-order valence-corrected chi connectivity index (χ0v) is 13.1. The molecule has 3 N–H and O–H groups in total. The van der Waals surface area contributed by atoms with Crippen molar-refractivity contribution in [3.63, 3.8) is 0 Å². The van der Waals surface area contributed by atoms with Crippen molar-refractivity contribution >= 4 is 0 Å². The minimum atomic E-state index is -0.456. The molecular weight excluding hydrogens is 262 g/mol. The first-order valence-electron chi connectivity index (χ1n) is 8.11. The van der Waals surface area contributed by atoms with Crippen molar-refractivity contribution in [1.82, 2.24) is 9.80 Å². The molecular formula is C17H29N3O. The number of nitrogens with two attached hydrogens (primary N) is 1. The van der Waals surface area contributed by atoms with Crippen LogP contribution in [0.2, 0.25) is 0 Å². The smallest absolute Gasteiger partial charge is 0.0820 e. The molecule has 4 nitrogen and oxygen atoms in total. The number of hydrogen-bond acceptors (Lipinski definition) is 4. The number of nitrogens with zero attached hydrogens (tertiary/aromatic N) is 2. The summed E-state index contributed by atoms with van der Waals surface area (Å²) in [5.74, 6) is 0. The number of rotatable bonds is 7. The average molecular weight is 291 g/mol. The molecule has 0 bridgehead atoms. The molecule has 0 spiro atoms. The zero-order valence-electron chi connectivity index (χ0n) is 13.1. The van der Waals surface area contributed by atoms with Crippen molar-refractivity contribution in [3.05, 3.63) is 35.9 Å². The Bertz CT molecular complexity index is 390. The van der Waals surface area contributed by atoms with Gasteiger partial charge in [0.2, 0.25) is 0 Å². The highest BCUT2D eigenvalue weighted by atomic mass is 16.3. The van der Waals surface area contributed by atoms with Gasteiger partial charge in [0.15, 0.2) is 0 Å². The van der Waals surface area contributed by atoms with Gasteiger partial charge < -0.3 is 15.7 Å². The Hall–Kier alpha value is -0.940. The van der Waals surface area contributed by atoms with E-state index in [1.807, 2.05) is 18.2 Å². The second-order valence-electron chi connectivity index (χ2n) is 6.06. The van der Waals surface area contributed by atoms with E-state index in [4.69, 9.17) is 5.73 Å². The molecule has 2 atom stereocenters. The predicted molar refractivity (Wildman–Crippen MR) is 87.3 cm³/mol. The van der Waals surface area contributed by atoms with E-state index in [0.29, 0.717) is 6.54 Å². The molecule has 0 aliphatic carbocycles. The fourth-order valence-electron chi connectivity index (χ4n) is 2.93. The fraction of sp³-hybridized carbons (Fsp3) is 0.647. The maximum atomic E-state index is 10.3. The van der Waals surface area contributed by atoms with Crippen LogP contribution >= 0.6 is 0 Å². The molecule has 0 amide bonds. The van der Waals surface area contributed by atoms with Gasteiger partial charge in [-0.1, -0.05) is 37.3 Å². The van der Waals surface area contributed by atoms with Crippen LogP contribution in [-0.4, -0.2) is 66.3 Å². The van der Waals surface area contributed by atoms with Gasteiger partial charge >= 0.3 is 0 Å². The van der Waals surface area contributed by atoms with Gasteiger partial charge in [-0.15, -0.1) is 0 Å². The molecule has 0 saturated carbocycles. The van der Waals surface area contributed by atoms with Crippen LogP contribution in [0.3, 0.4) is 0 Å². The number of aliphatic hydroxyl groups excluding tert-OH is 1. The highest BCUT2D eigenvalue weighted by Gasteiger charge is 2.22.